The predicted octanol–water partition coefficient (Wildman–Crippen LogP) is 2.76. The number of nitrogens with zero attached hydrogens (tertiary/aromatic N) is 6. The van der Waals surface area contributed by atoms with Crippen molar-refractivity contribution in [2.45, 2.75) is 28.3 Å². The van der Waals surface area contributed by atoms with Crippen LogP contribution in [0.25, 0.3) is 11.4 Å². The fourth-order valence-corrected chi connectivity index (χ4v) is 3.58. The smallest absolute Gasteiger partial charge is 0.198 e. The maximum atomic E-state index is 4.57. The number of hydrogen-bond donors (Lipinski definition) is 0. The SMILES string of the molecule is Cn1c(Sc2nc(C3CC3)ns2)nnc1-c1ccncc1. The summed E-state index contributed by atoms with van der Waals surface area (Å²) in [6.45, 7) is 0. The summed E-state index contributed by atoms with van der Waals surface area (Å²) < 4.78 is 7.31. The molecule has 1 saturated carbocycles. The summed E-state index contributed by atoms with van der Waals surface area (Å²) in [6, 6.07) is 3.85. The number of hydrogen-bond acceptors (Lipinski definition) is 7. The molecular weight excluding hydrogens is 304 g/mol. The van der Waals surface area contributed by atoms with Crippen LogP contribution in [0.3, 0.4) is 0 Å². The second-order valence-corrected chi connectivity index (χ2v) is 6.86. The molecule has 0 aromatic carbocycles. The third-order valence-electron chi connectivity index (χ3n) is 3.32. The van der Waals surface area contributed by atoms with Crippen molar-refractivity contribution in [3.8, 4) is 11.4 Å². The highest BCUT2D eigenvalue weighted by molar-refractivity contribution is 8.00. The minimum Gasteiger partial charge on any atom is -0.305 e. The van der Waals surface area contributed by atoms with Gasteiger partial charge in [-0.1, -0.05) is 0 Å². The predicted molar refractivity (Wildman–Crippen MR) is 80.2 cm³/mol. The lowest BCUT2D eigenvalue weighted by Crippen LogP contribution is -1.94. The van der Waals surface area contributed by atoms with Crippen LogP contribution in [0.2, 0.25) is 0 Å². The molecule has 3 aromatic rings. The molecule has 0 amide bonds. The summed E-state index contributed by atoms with van der Waals surface area (Å²) >= 11 is 2.95. The van der Waals surface area contributed by atoms with Gasteiger partial charge in [0.15, 0.2) is 15.3 Å². The molecule has 0 spiro atoms. The van der Waals surface area contributed by atoms with Crippen molar-refractivity contribution in [1.29, 1.82) is 0 Å². The van der Waals surface area contributed by atoms with E-state index in [2.05, 4.69) is 24.5 Å². The van der Waals surface area contributed by atoms with E-state index in [1.807, 2.05) is 23.7 Å². The molecule has 3 aromatic heterocycles. The molecule has 21 heavy (non-hydrogen) atoms. The van der Waals surface area contributed by atoms with E-state index in [0.29, 0.717) is 5.92 Å². The second kappa shape index (κ2) is 5.19. The summed E-state index contributed by atoms with van der Waals surface area (Å²) in [5.41, 5.74) is 1.00. The number of pyridine rings is 1. The first kappa shape index (κ1) is 12.9. The number of aromatic nitrogens is 6. The van der Waals surface area contributed by atoms with Crippen molar-refractivity contribution in [2.24, 2.45) is 7.05 Å². The molecule has 0 radical (unpaired) electrons. The third-order valence-corrected chi connectivity index (χ3v) is 5.12. The maximum absolute atomic E-state index is 4.57. The van der Waals surface area contributed by atoms with Crippen LogP contribution in [0, 0.1) is 0 Å². The topological polar surface area (TPSA) is 69.4 Å². The molecule has 0 N–H and O–H groups in total. The van der Waals surface area contributed by atoms with Gasteiger partial charge in [-0.15, -0.1) is 10.2 Å². The fourth-order valence-electron chi connectivity index (χ4n) is 2.00. The molecule has 8 heteroatoms. The monoisotopic (exact) mass is 316 g/mol. The van der Waals surface area contributed by atoms with E-state index in [9.17, 15) is 0 Å². The first-order valence-electron chi connectivity index (χ1n) is 6.62. The summed E-state index contributed by atoms with van der Waals surface area (Å²) in [7, 11) is 1.96. The van der Waals surface area contributed by atoms with Crippen LogP contribution in [0.4, 0.5) is 0 Å². The average Bonchev–Trinajstić information content (AvgIpc) is 3.16. The van der Waals surface area contributed by atoms with Crippen molar-refractivity contribution in [2.75, 3.05) is 0 Å². The standard InChI is InChI=1S/C13H12N6S2/c1-19-11(9-4-6-14-7-5-9)16-17-12(19)20-13-15-10(18-21-13)8-2-3-8/h4-8H,2-3H2,1H3. The van der Waals surface area contributed by atoms with E-state index in [1.165, 1.54) is 36.1 Å². The van der Waals surface area contributed by atoms with Gasteiger partial charge in [-0.2, -0.15) is 4.37 Å². The van der Waals surface area contributed by atoms with Crippen molar-refractivity contribution < 1.29 is 0 Å². The van der Waals surface area contributed by atoms with Crippen LogP contribution < -0.4 is 0 Å². The molecule has 0 saturated heterocycles. The highest BCUT2D eigenvalue weighted by Gasteiger charge is 2.28. The van der Waals surface area contributed by atoms with Gasteiger partial charge in [0.2, 0.25) is 0 Å². The Morgan fingerprint density at radius 2 is 2.05 bits per heavy atom. The van der Waals surface area contributed by atoms with E-state index in [-0.39, 0.29) is 0 Å². The quantitative estimate of drug-likeness (QED) is 0.737. The van der Waals surface area contributed by atoms with Crippen LogP contribution in [-0.4, -0.2) is 29.1 Å². The van der Waals surface area contributed by atoms with Gasteiger partial charge < -0.3 is 4.57 Å². The molecule has 106 valence electrons. The molecule has 6 nitrogen and oxygen atoms in total. The minimum atomic E-state index is 0.586. The van der Waals surface area contributed by atoms with E-state index >= 15 is 0 Å². The summed E-state index contributed by atoms with van der Waals surface area (Å²) in [5, 5.41) is 9.33. The third kappa shape index (κ3) is 2.56. The zero-order valence-electron chi connectivity index (χ0n) is 11.3. The average molecular weight is 316 g/mol. The van der Waals surface area contributed by atoms with Crippen LogP contribution in [0.1, 0.15) is 24.6 Å². The lowest BCUT2D eigenvalue weighted by Gasteiger charge is -2.01. The van der Waals surface area contributed by atoms with E-state index in [0.717, 1.165) is 26.7 Å². The molecule has 1 aliphatic carbocycles. The molecule has 0 bridgehead atoms. The van der Waals surface area contributed by atoms with Gasteiger partial charge in [-0.3, -0.25) is 4.98 Å². The highest BCUT2D eigenvalue weighted by atomic mass is 32.2. The first-order valence-corrected chi connectivity index (χ1v) is 8.21. The van der Waals surface area contributed by atoms with Gasteiger partial charge >= 0.3 is 0 Å². The van der Waals surface area contributed by atoms with Gasteiger partial charge in [0, 0.05) is 30.9 Å². The van der Waals surface area contributed by atoms with Gasteiger partial charge in [0.25, 0.3) is 0 Å². The summed E-state index contributed by atoms with van der Waals surface area (Å²) in [6.07, 6.45) is 5.95. The van der Waals surface area contributed by atoms with Crippen LogP contribution in [0.15, 0.2) is 34.0 Å². The molecule has 4 rings (SSSR count). The van der Waals surface area contributed by atoms with Crippen LogP contribution >= 0.6 is 23.3 Å². The molecule has 0 aliphatic heterocycles. The van der Waals surface area contributed by atoms with Crippen molar-refractivity contribution in [1.82, 2.24) is 29.1 Å². The zero-order valence-corrected chi connectivity index (χ0v) is 12.9. The molecule has 1 aliphatic rings. The Hall–Kier alpha value is -1.80. The largest absolute Gasteiger partial charge is 0.305 e. The van der Waals surface area contributed by atoms with Gasteiger partial charge in [-0.05, 0) is 48.3 Å². The first-order chi connectivity index (χ1) is 10.3. The Labute approximate surface area is 129 Å². The molecule has 1 fully saturated rings. The van der Waals surface area contributed by atoms with Crippen molar-refractivity contribution in [3.63, 3.8) is 0 Å². The Morgan fingerprint density at radius 3 is 2.81 bits per heavy atom. The molecule has 3 heterocycles. The Morgan fingerprint density at radius 1 is 1.24 bits per heavy atom. The molecule has 0 unspecified atom stereocenters. The van der Waals surface area contributed by atoms with Crippen LogP contribution in [0.5, 0.6) is 0 Å². The lowest BCUT2D eigenvalue weighted by atomic mass is 10.2. The summed E-state index contributed by atoms with van der Waals surface area (Å²) in [4.78, 5) is 8.59. The van der Waals surface area contributed by atoms with Gasteiger partial charge in [0.1, 0.15) is 5.82 Å². The van der Waals surface area contributed by atoms with Gasteiger partial charge in [-0.25, -0.2) is 4.98 Å². The van der Waals surface area contributed by atoms with E-state index in [1.54, 1.807) is 12.4 Å². The van der Waals surface area contributed by atoms with Crippen LogP contribution in [-0.2, 0) is 7.05 Å². The maximum Gasteiger partial charge on any atom is 0.198 e. The highest BCUT2D eigenvalue weighted by Crippen LogP contribution is 2.40. The van der Waals surface area contributed by atoms with Gasteiger partial charge in [0.05, 0.1) is 0 Å². The Bertz CT molecular complexity index is 762. The minimum absolute atomic E-state index is 0.586. The second-order valence-electron chi connectivity index (χ2n) is 4.90. The van der Waals surface area contributed by atoms with Crippen molar-refractivity contribution in [3.05, 3.63) is 30.4 Å². The zero-order chi connectivity index (χ0) is 14.2. The number of rotatable bonds is 4. The van der Waals surface area contributed by atoms with E-state index < -0.39 is 0 Å². The van der Waals surface area contributed by atoms with Crippen molar-refractivity contribution >= 4 is 23.3 Å². The lowest BCUT2D eigenvalue weighted by molar-refractivity contribution is 0.793. The fraction of sp³-hybridized carbons (Fsp3) is 0.308. The normalized spacial score (nSPS) is 14.5. The molecular formula is C13H12N6S2. The summed E-state index contributed by atoms with van der Waals surface area (Å²) in [5.74, 6) is 2.40. The Balaban J connectivity index is 1.59. The van der Waals surface area contributed by atoms with E-state index in [4.69, 9.17) is 0 Å². The molecule has 0 atom stereocenters. The Kier molecular flexibility index (Phi) is 3.19.